The Morgan fingerprint density at radius 2 is 1.95 bits per heavy atom. The van der Waals surface area contributed by atoms with Gasteiger partial charge in [0.15, 0.2) is 0 Å². The maximum Gasteiger partial charge on any atom is 0.238 e. The van der Waals surface area contributed by atoms with E-state index in [1.165, 1.54) is 0 Å². The van der Waals surface area contributed by atoms with Gasteiger partial charge in [0.25, 0.3) is 0 Å². The fraction of sp³-hybridized carbons (Fsp3) is 0.500. The SMILES string of the molecule is C=CCCCOc1cc(C)c(S(N)(=O)=O)cc1C(C)(C)C. The molecular weight excluding hydrogens is 286 g/mol. The van der Waals surface area contributed by atoms with Crippen LogP contribution in [0.5, 0.6) is 5.75 Å². The highest BCUT2D eigenvalue weighted by molar-refractivity contribution is 7.89. The Balaban J connectivity index is 3.24. The third-order valence-electron chi connectivity index (χ3n) is 3.20. The third-order valence-corrected chi connectivity index (χ3v) is 4.25. The number of sulfonamides is 1. The highest BCUT2D eigenvalue weighted by atomic mass is 32.2. The smallest absolute Gasteiger partial charge is 0.238 e. The van der Waals surface area contributed by atoms with E-state index in [0.29, 0.717) is 12.2 Å². The summed E-state index contributed by atoms with van der Waals surface area (Å²) in [6.07, 6.45) is 3.62. The Bertz CT molecular complexity index is 613. The molecule has 1 aromatic carbocycles. The second-order valence-corrected chi connectivity index (χ2v) is 7.72. The lowest BCUT2D eigenvalue weighted by Crippen LogP contribution is -2.19. The number of benzene rings is 1. The van der Waals surface area contributed by atoms with Crippen molar-refractivity contribution in [3.63, 3.8) is 0 Å². The second-order valence-electron chi connectivity index (χ2n) is 6.19. The summed E-state index contributed by atoms with van der Waals surface area (Å²) in [4.78, 5) is 0.158. The molecule has 0 radical (unpaired) electrons. The van der Waals surface area contributed by atoms with Gasteiger partial charge < -0.3 is 4.74 Å². The van der Waals surface area contributed by atoms with Gasteiger partial charge in [-0.25, -0.2) is 13.6 Å². The van der Waals surface area contributed by atoms with Crippen LogP contribution >= 0.6 is 0 Å². The minimum absolute atomic E-state index is 0.158. The van der Waals surface area contributed by atoms with Crippen LogP contribution in [0.25, 0.3) is 0 Å². The van der Waals surface area contributed by atoms with Gasteiger partial charge in [0.2, 0.25) is 10.0 Å². The number of aryl methyl sites for hydroxylation is 1. The standard InChI is InChI=1S/C16H25NO3S/c1-6-7-8-9-20-14-10-12(2)15(21(17,18)19)11-13(14)16(3,4)5/h6,10-11H,1,7-9H2,2-5H3,(H2,17,18,19). The van der Waals surface area contributed by atoms with Crippen molar-refractivity contribution >= 4 is 10.0 Å². The van der Waals surface area contributed by atoms with Crippen LogP contribution in [0.4, 0.5) is 0 Å². The normalized spacial score (nSPS) is 12.2. The summed E-state index contributed by atoms with van der Waals surface area (Å²) in [5, 5.41) is 5.28. The summed E-state index contributed by atoms with van der Waals surface area (Å²) in [5.74, 6) is 0.719. The molecule has 21 heavy (non-hydrogen) atoms. The molecule has 0 bridgehead atoms. The van der Waals surface area contributed by atoms with Crippen molar-refractivity contribution in [3.05, 3.63) is 35.9 Å². The van der Waals surface area contributed by atoms with Gasteiger partial charge in [0.1, 0.15) is 5.75 Å². The lowest BCUT2D eigenvalue weighted by molar-refractivity contribution is 0.303. The predicted octanol–water partition coefficient (Wildman–Crippen LogP) is 3.28. The predicted molar refractivity (Wildman–Crippen MR) is 86.2 cm³/mol. The lowest BCUT2D eigenvalue weighted by Gasteiger charge is -2.24. The molecule has 118 valence electrons. The zero-order valence-electron chi connectivity index (χ0n) is 13.3. The third kappa shape index (κ3) is 4.86. The summed E-state index contributed by atoms with van der Waals surface area (Å²) in [7, 11) is -3.73. The van der Waals surface area contributed by atoms with E-state index in [-0.39, 0.29) is 10.3 Å². The second kappa shape index (κ2) is 6.62. The van der Waals surface area contributed by atoms with Crippen LogP contribution in [-0.4, -0.2) is 15.0 Å². The van der Waals surface area contributed by atoms with Gasteiger partial charge in [-0.05, 0) is 42.9 Å². The molecule has 0 heterocycles. The van der Waals surface area contributed by atoms with E-state index >= 15 is 0 Å². The van der Waals surface area contributed by atoms with E-state index < -0.39 is 10.0 Å². The number of hydrogen-bond donors (Lipinski definition) is 1. The molecule has 0 aliphatic carbocycles. The topological polar surface area (TPSA) is 69.4 Å². The lowest BCUT2D eigenvalue weighted by atomic mass is 9.86. The molecule has 0 aromatic heterocycles. The molecule has 0 spiro atoms. The van der Waals surface area contributed by atoms with Crippen molar-refractivity contribution in [1.82, 2.24) is 0 Å². The quantitative estimate of drug-likeness (QED) is 0.647. The van der Waals surface area contributed by atoms with Crippen molar-refractivity contribution < 1.29 is 13.2 Å². The molecule has 0 aliphatic heterocycles. The summed E-state index contributed by atoms with van der Waals surface area (Å²) in [6.45, 7) is 12.0. The molecule has 0 amide bonds. The van der Waals surface area contributed by atoms with Gasteiger partial charge in [-0.1, -0.05) is 26.8 Å². The fourth-order valence-electron chi connectivity index (χ4n) is 2.08. The van der Waals surface area contributed by atoms with Gasteiger partial charge in [-0.15, -0.1) is 6.58 Å². The first-order chi connectivity index (χ1) is 9.57. The van der Waals surface area contributed by atoms with Crippen LogP contribution in [0.2, 0.25) is 0 Å². The van der Waals surface area contributed by atoms with E-state index in [1.54, 1.807) is 19.1 Å². The Morgan fingerprint density at radius 3 is 2.43 bits per heavy atom. The van der Waals surface area contributed by atoms with E-state index in [4.69, 9.17) is 9.88 Å². The van der Waals surface area contributed by atoms with Crippen LogP contribution in [0, 0.1) is 6.92 Å². The van der Waals surface area contributed by atoms with Crippen molar-refractivity contribution in [2.75, 3.05) is 6.61 Å². The fourth-order valence-corrected chi connectivity index (χ4v) is 2.87. The molecule has 0 fully saturated rings. The highest BCUT2D eigenvalue weighted by Gasteiger charge is 2.23. The maximum atomic E-state index is 11.7. The van der Waals surface area contributed by atoms with E-state index in [9.17, 15) is 8.42 Å². The van der Waals surface area contributed by atoms with Gasteiger partial charge in [0, 0.05) is 5.56 Å². The minimum atomic E-state index is -3.73. The van der Waals surface area contributed by atoms with E-state index in [0.717, 1.165) is 24.2 Å². The summed E-state index contributed by atoms with van der Waals surface area (Å²) in [5.41, 5.74) is 1.21. The van der Waals surface area contributed by atoms with Gasteiger partial charge in [-0.2, -0.15) is 0 Å². The average Bonchev–Trinajstić information content (AvgIpc) is 2.31. The average molecular weight is 311 g/mol. The molecular formula is C16H25NO3S. The van der Waals surface area contributed by atoms with Gasteiger partial charge in [0.05, 0.1) is 11.5 Å². The van der Waals surface area contributed by atoms with E-state index in [1.807, 2.05) is 26.8 Å². The Hall–Kier alpha value is -1.33. The Kier molecular flexibility index (Phi) is 5.59. The maximum absolute atomic E-state index is 11.7. The molecule has 4 nitrogen and oxygen atoms in total. The monoisotopic (exact) mass is 311 g/mol. The number of unbranched alkanes of at least 4 members (excludes halogenated alkanes) is 1. The van der Waals surface area contributed by atoms with Gasteiger partial charge >= 0.3 is 0 Å². The van der Waals surface area contributed by atoms with Crippen LogP contribution in [0.1, 0.15) is 44.7 Å². The van der Waals surface area contributed by atoms with E-state index in [2.05, 4.69) is 6.58 Å². The van der Waals surface area contributed by atoms with Crippen molar-refractivity contribution in [2.24, 2.45) is 5.14 Å². The van der Waals surface area contributed by atoms with Crippen LogP contribution in [0.3, 0.4) is 0 Å². The number of ether oxygens (including phenoxy) is 1. The van der Waals surface area contributed by atoms with Crippen molar-refractivity contribution in [3.8, 4) is 5.75 Å². The minimum Gasteiger partial charge on any atom is -0.493 e. The summed E-state index contributed by atoms with van der Waals surface area (Å²) in [6, 6.07) is 3.39. The zero-order valence-corrected chi connectivity index (χ0v) is 14.1. The van der Waals surface area contributed by atoms with Crippen molar-refractivity contribution in [1.29, 1.82) is 0 Å². The number of allylic oxidation sites excluding steroid dienone is 1. The van der Waals surface area contributed by atoms with Crippen LogP contribution < -0.4 is 9.88 Å². The molecule has 2 N–H and O–H groups in total. The van der Waals surface area contributed by atoms with Crippen LogP contribution in [-0.2, 0) is 15.4 Å². The largest absolute Gasteiger partial charge is 0.493 e. The number of rotatable bonds is 6. The molecule has 0 atom stereocenters. The Morgan fingerprint density at radius 1 is 1.33 bits per heavy atom. The number of primary sulfonamides is 1. The molecule has 0 aliphatic rings. The summed E-state index contributed by atoms with van der Waals surface area (Å²) >= 11 is 0. The molecule has 0 saturated carbocycles. The molecule has 5 heteroatoms. The first kappa shape index (κ1) is 17.7. The first-order valence-electron chi connectivity index (χ1n) is 6.99. The first-order valence-corrected chi connectivity index (χ1v) is 8.53. The zero-order chi connectivity index (χ0) is 16.3. The number of hydrogen-bond acceptors (Lipinski definition) is 3. The summed E-state index contributed by atoms with van der Waals surface area (Å²) < 4.78 is 29.2. The van der Waals surface area contributed by atoms with Crippen LogP contribution in [0.15, 0.2) is 29.7 Å². The Labute approximate surface area is 128 Å². The van der Waals surface area contributed by atoms with Crippen molar-refractivity contribution in [2.45, 2.75) is 50.8 Å². The molecule has 1 aromatic rings. The molecule has 0 saturated heterocycles. The van der Waals surface area contributed by atoms with Gasteiger partial charge in [-0.3, -0.25) is 0 Å². The molecule has 0 unspecified atom stereocenters. The number of nitrogens with two attached hydrogens (primary N) is 1. The highest BCUT2D eigenvalue weighted by Crippen LogP contribution is 2.35. The molecule has 1 rings (SSSR count).